The zero-order valence-electron chi connectivity index (χ0n) is 18.4. The standard InChI is InChI=1S/C27H27NO4/c1-3-32-26-7-5-4-6-24(26)20-10-13-25-22(16-20)17-21(27(29)30)14-15-28(25)18-19-8-11-23(31-2)12-9-19/h4-13,16-17H,3,14-15,18H2,1-2H3,(H,29,30). The van der Waals surface area contributed by atoms with Gasteiger partial charge in [-0.15, -0.1) is 0 Å². The van der Waals surface area contributed by atoms with Crippen molar-refractivity contribution in [2.24, 2.45) is 0 Å². The van der Waals surface area contributed by atoms with Crippen LogP contribution >= 0.6 is 0 Å². The number of benzene rings is 3. The fourth-order valence-electron chi connectivity index (χ4n) is 4.03. The summed E-state index contributed by atoms with van der Waals surface area (Å²) >= 11 is 0. The van der Waals surface area contributed by atoms with Gasteiger partial charge in [0.15, 0.2) is 0 Å². The van der Waals surface area contributed by atoms with Crippen molar-refractivity contribution in [3.8, 4) is 22.6 Å². The van der Waals surface area contributed by atoms with Crippen LogP contribution in [0.1, 0.15) is 24.5 Å². The Hall–Kier alpha value is -3.73. The van der Waals surface area contributed by atoms with Crippen LogP contribution in [-0.4, -0.2) is 31.3 Å². The van der Waals surface area contributed by atoms with Crippen LogP contribution in [0.25, 0.3) is 17.2 Å². The van der Waals surface area contributed by atoms with Gasteiger partial charge in [-0.1, -0.05) is 36.4 Å². The van der Waals surface area contributed by atoms with Gasteiger partial charge in [-0.2, -0.15) is 0 Å². The van der Waals surface area contributed by atoms with Gasteiger partial charge in [-0.25, -0.2) is 4.79 Å². The van der Waals surface area contributed by atoms with E-state index < -0.39 is 5.97 Å². The lowest BCUT2D eigenvalue weighted by Gasteiger charge is -2.26. The molecule has 5 nitrogen and oxygen atoms in total. The van der Waals surface area contributed by atoms with Crippen LogP contribution in [-0.2, 0) is 11.3 Å². The molecule has 0 atom stereocenters. The number of hydrogen-bond acceptors (Lipinski definition) is 4. The topological polar surface area (TPSA) is 59.0 Å². The number of carboxylic acid groups (broad SMARTS) is 1. The maximum atomic E-state index is 11.8. The number of para-hydroxylation sites is 1. The Morgan fingerprint density at radius 1 is 1.06 bits per heavy atom. The number of nitrogens with zero attached hydrogens (tertiary/aromatic N) is 1. The maximum absolute atomic E-state index is 11.8. The minimum Gasteiger partial charge on any atom is -0.497 e. The predicted molar refractivity (Wildman–Crippen MR) is 127 cm³/mol. The van der Waals surface area contributed by atoms with Crippen LogP contribution in [0.4, 0.5) is 5.69 Å². The van der Waals surface area contributed by atoms with Gasteiger partial charge in [-0.3, -0.25) is 0 Å². The molecule has 0 aliphatic carbocycles. The van der Waals surface area contributed by atoms with E-state index in [9.17, 15) is 9.90 Å². The Balaban J connectivity index is 1.73. The normalized spacial score (nSPS) is 13.1. The minimum atomic E-state index is -0.873. The van der Waals surface area contributed by atoms with E-state index in [1.54, 1.807) is 13.2 Å². The molecule has 1 aliphatic rings. The molecule has 32 heavy (non-hydrogen) atoms. The van der Waals surface area contributed by atoms with Crippen LogP contribution in [0, 0.1) is 0 Å². The molecular weight excluding hydrogens is 402 g/mol. The number of rotatable bonds is 7. The Bertz CT molecular complexity index is 1130. The second-order valence-corrected chi connectivity index (χ2v) is 7.70. The number of carboxylic acids is 1. The molecule has 164 valence electrons. The Kier molecular flexibility index (Phi) is 6.45. The molecule has 3 aromatic rings. The third-order valence-corrected chi connectivity index (χ3v) is 5.65. The quantitative estimate of drug-likeness (QED) is 0.527. The molecule has 1 heterocycles. The third-order valence-electron chi connectivity index (χ3n) is 5.65. The van der Waals surface area contributed by atoms with E-state index in [0.717, 1.165) is 39.4 Å². The van der Waals surface area contributed by atoms with Crippen LogP contribution < -0.4 is 14.4 Å². The summed E-state index contributed by atoms with van der Waals surface area (Å²) in [6.45, 7) is 3.87. The fourth-order valence-corrected chi connectivity index (χ4v) is 4.03. The third kappa shape index (κ3) is 4.62. The number of methoxy groups -OCH3 is 1. The van der Waals surface area contributed by atoms with E-state index >= 15 is 0 Å². The molecule has 4 rings (SSSR count). The highest BCUT2D eigenvalue weighted by Gasteiger charge is 2.20. The SMILES string of the molecule is CCOc1ccccc1-c1ccc2c(c1)C=C(C(=O)O)CCN2Cc1ccc(OC)cc1. The van der Waals surface area contributed by atoms with Crippen LogP contribution in [0.15, 0.2) is 72.3 Å². The lowest BCUT2D eigenvalue weighted by molar-refractivity contribution is -0.132. The molecule has 0 radical (unpaired) electrons. The molecule has 0 unspecified atom stereocenters. The molecule has 5 heteroatoms. The molecule has 0 spiro atoms. The van der Waals surface area contributed by atoms with Gasteiger partial charge in [0.25, 0.3) is 0 Å². The van der Waals surface area contributed by atoms with Crippen LogP contribution in [0.5, 0.6) is 11.5 Å². The van der Waals surface area contributed by atoms with Crippen LogP contribution in [0.3, 0.4) is 0 Å². The molecule has 0 bridgehead atoms. The lowest BCUT2D eigenvalue weighted by Crippen LogP contribution is -2.24. The minimum absolute atomic E-state index is 0.415. The fraction of sp³-hybridized carbons (Fsp3) is 0.222. The van der Waals surface area contributed by atoms with Gasteiger partial charge in [0.05, 0.1) is 13.7 Å². The number of carbonyl (C=O) groups is 1. The molecular formula is C27H27NO4. The zero-order valence-corrected chi connectivity index (χ0v) is 18.4. The average Bonchev–Trinajstić information content (AvgIpc) is 2.99. The first-order chi connectivity index (χ1) is 15.6. The van der Waals surface area contributed by atoms with Crippen molar-refractivity contribution in [2.75, 3.05) is 25.2 Å². The number of aliphatic carboxylic acids is 1. The molecule has 0 amide bonds. The van der Waals surface area contributed by atoms with Crippen molar-refractivity contribution >= 4 is 17.7 Å². The Labute approximate surface area is 188 Å². The van der Waals surface area contributed by atoms with E-state index in [1.165, 1.54) is 0 Å². The largest absolute Gasteiger partial charge is 0.497 e. The number of hydrogen-bond donors (Lipinski definition) is 1. The molecule has 0 saturated carbocycles. The number of anilines is 1. The van der Waals surface area contributed by atoms with Crippen molar-refractivity contribution in [2.45, 2.75) is 19.9 Å². The summed E-state index contributed by atoms with van der Waals surface area (Å²) in [5, 5.41) is 9.70. The summed E-state index contributed by atoms with van der Waals surface area (Å²) in [7, 11) is 1.65. The summed E-state index contributed by atoms with van der Waals surface area (Å²) in [4.78, 5) is 14.1. The van der Waals surface area contributed by atoms with E-state index in [0.29, 0.717) is 31.7 Å². The summed E-state index contributed by atoms with van der Waals surface area (Å²) in [5.74, 6) is 0.765. The average molecular weight is 430 g/mol. The van der Waals surface area contributed by atoms with E-state index in [4.69, 9.17) is 9.47 Å². The van der Waals surface area contributed by atoms with Crippen molar-refractivity contribution in [3.63, 3.8) is 0 Å². The van der Waals surface area contributed by atoms with Crippen molar-refractivity contribution in [1.29, 1.82) is 0 Å². The first-order valence-corrected chi connectivity index (χ1v) is 10.8. The highest BCUT2D eigenvalue weighted by atomic mass is 16.5. The molecule has 0 fully saturated rings. The predicted octanol–water partition coefficient (Wildman–Crippen LogP) is 5.64. The highest BCUT2D eigenvalue weighted by Crippen LogP contribution is 2.36. The zero-order chi connectivity index (χ0) is 22.5. The van der Waals surface area contributed by atoms with E-state index in [-0.39, 0.29) is 0 Å². The second-order valence-electron chi connectivity index (χ2n) is 7.70. The summed E-state index contributed by atoms with van der Waals surface area (Å²) < 4.78 is 11.1. The van der Waals surface area contributed by atoms with Crippen molar-refractivity contribution < 1.29 is 19.4 Å². The molecule has 0 aromatic heterocycles. The van der Waals surface area contributed by atoms with Gasteiger partial charge in [0.2, 0.25) is 0 Å². The number of fused-ring (bicyclic) bond motifs is 1. The van der Waals surface area contributed by atoms with E-state index in [2.05, 4.69) is 23.1 Å². The maximum Gasteiger partial charge on any atom is 0.331 e. The number of ether oxygens (including phenoxy) is 2. The van der Waals surface area contributed by atoms with Gasteiger partial charge < -0.3 is 19.5 Å². The molecule has 3 aromatic carbocycles. The van der Waals surface area contributed by atoms with Gasteiger partial charge in [0.1, 0.15) is 11.5 Å². The van der Waals surface area contributed by atoms with Gasteiger partial charge >= 0.3 is 5.97 Å². The Morgan fingerprint density at radius 2 is 1.84 bits per heavy atom. The smallest absolute Gasteiger partial charge is 0.331 e. The first kappa shape index (κ1) is 21.5. The van der Waals surface area contributed by atoms with Crippen molar-refractivity contribution in [1.82, 2.24) is 0 Å². The monoisotopic (exact) mass is 429 g/mol. The summed E-state index contributed by atoms with van der Waals surface area (Å²) in [6.07, 6.45) is 2.28. The first-order valence-electron chi connectivity index (χ1n) is 10.8. The van der Waals surface area contributed by atoms with Crippen LogP contribution in [0.2, 0.25) is 0 Å². The summed E-state index contributed by atoms with van der Waals surface area (Å²) in [6, 6.07) is 22.1. The van der Waals surface area contributed by atoms with E-state index in [1.807, 2.05) is 55.5 Å². The summed E-state index contributed by atoms with van der Waals surface area (Å²) in [5.41, 5.74) is 5.47. The molecule has 0 saturated heterocycles. The molecule has 1 aliphatic heterocycles. The Morgan fingerprint density at radius 3 is 2.56 bits per heavy atom. The van der Waals surface area contributed by atoms with Gasteiger partial charge in [-0.05, 0) is 66.4 Å². The lowest BCUT2D eigenvalue weighted by atomic mass is 9.99. The van der Waals surface area contributed by atoms with Crippen molar-refractivity contribution in [3.05, 3.63) is 83.4 Å². The molecule has 1 N–H and O–H groups in total. The highest BCUT2D eigenvalue weighted by molar-refractivity contribution is 5.94. The second kappa shape index (κ2) is 9.60. The van der Waals surface area contributed by atoms with Gasteiger partial charge in [0, 0.05) is 29.9 Å².